The molecule has 0 unspecified atom stereocenters. The molecular formula is C13H12BrNO3. The van der Waals surface area contributed by atoms with Crippen LogP contribution in [0.2, 0.25) is 0 Å². The topological polar surface area (TPSA) is 59.4 Å². The van der Waals surface area contributed by atoms with E-state index < -0.39 is 5.97 Å². The van der Waals surface area contributed by atoms with E-state index in [1.165, 1.54) is 7.11 Å². The predicted molar refractivity (Wildman–Crippen MR) is 71.9 cm³/mol. The van der Waals surface area contributed by atoms with Crippen LogP contribution in [0.4, 0.5) is 0 Å². The summed E-state index contributed by atoms with van der Waals surface area (Å²) >= 11 is 3.35. The van der Waals surface area contributed by atoms with Crippen molar-refractivity contribution in [3.63, 3.8) is 0 Å². The molecule has 0 aliphatic heterocycles. The molecule has 1 heterocycles. The van der Waals surface area contributed by atoms with Crippen molar-refractivity contribution in [2.75, 3.05) is 7.11 Å². The standard InChI is InChI=1S/C13H12BrNO3/c1-7-10(6-18-2)12(13(16)17)9-5-8(14)3-4-11(9)15-7/h3-5H,6H2,1-2H3,(H,16,17). The lowest BCUT2D eigenvalue weighted by molar-refractivity contribution is 0.0694. The third-order valence-electron chi connectivity index (χ3n) is 2.76. The highest BCUT2D eigenvalue weighted by Gasteiger charge is 2.18. The van der Waals surface area contributed by atoms with E-state index in [9.17, 15) is 9.90 Å². The second-order valence-corrected chi connectivity index (χ2v) is 4.87. The molecule has 0 radical (unpaired) electrons. The van der Waals surface area contributed by atoms with Gasteiger partial charge in [0.15, 0.2) is 0 Å². The van der Waals surface area contributed by atoms with Crippen molar-refractivity contribution in [2.45, 2.75) is 13.5 Å². The van der Waals surface area contributed by atoms with Crippen molar-refractivity contribution in [3.8, 4) is 0 Å². The molecule has 0 atom stereocenters. The van der Waals surface area contributed by atoms with Gasteiger partial charge in [-0.3, -0.25) is 4.98 Å². The lowest BCUT2D eigenvalue weighted by Crippen LogP contribution is -2.08. The fourth-order valence-corrected chi connectivity index (χ4v) is 2.32. The molecular weight excluding hydrogens is 298 g/mol. The van der Waals surface area contributed by atoms with Crippen LogP contribution in [0.15, 0.2) is 22.7 Å². The van der Waals surface area contributed by atoms with Gasteiger partial charge >= 0.3 is 5.97 Å². The molecule has 2 aromatic rings. The van der Waals surface area contributed by atoms with Gasteiger partial charge in [0, 0.05) is 28.2 Å². The molecule has 0 aliphatic carbocycles. The predicted octanol–water partition coefficient (Wildman–Crippen LogP) is 3.15. The Morgan fingerprint density at radius 3 is 2.83 bits per heavy atom. The zero-order valence-electron chi connectivity index (χ0n) is 10.0. The van der Waals surface area contributed by atoms with Gasteiger partial charge in [-0.15, -0.1) is 0 Å². The number of carbonyl (C=O) groups is 1. The third-order valence-corrected chi connectivity index (χ3v) is 3.25. The van der Waals surface area contributed by atoms with Gasteiger partial charge in [-0.2, -0.15) is 0 Å². The maximum absolute atomic E-state index is 11.5. The van der Waals surface area contributed by atoms with Crippen LogP contribution in [0.1, 0.15) is 21.6 Å². The Bertz CT molecular complexity index is 625. The summed E-state index contributed by atoms with van der Waals surface area (Å²) in [5.74, 6) is -0.962. The largest absolute Gasteiger partial charge is 0.478 e. The summed E-state index contributed by atoms with van der Waals surface area (Å²) in [4.78, 5) is 15.9. The van der Waals surface area contributed by atoms with Crippen LogP contribution in [-0.4, -0.2) is 23.2 Å². The zero-order valence-corrected chi connectivity index (χ0v) is 11.6. The number of aromatic nitrogens is 1. The van der Waals surface area contributed by atoms with Gasteiger partial charge in [0.1, 0.15) is 0 Å². The molecule has 5 heteroatoms. The quantitative estimate of drug-likeness (QED) is 0.946. The molecule has 0 saturated heterocycles. The summed E-state index contributed by atoms with van der Waals surface area (Å²) in [5, 5.41) is 10.0. The highest BCUT2D eigenvalue weighted by atomic mass is 79.9. The number of carboxylic acids is 1. The van der Waals surface area contributed by atoms with Gasteiger partial charge in [0.25, 0.3) is 0 Å². The minimum atomic E-state index is -0.962. The van der Waals surface area contributed by atoms with Crippen molar-refractivity contribution < 1.29 is 14.6 Å². The van der Waals surface area contributed by atoms with E-state index in [1.54, 1.807) is 19.1 Å². The minimum Gasteiger partial charge on any atom is -0.478 e. The number of aryl methyl sites for hydroxylation is 1. The summed E-state index contributed by atoms with van der Waals surface area (Å²) in [6.45, 7) is 2.03. The van der Waals surface area contributed by atoms with Gasteiger partial charge in [-0.25, -0.2) is 4.79 Å². The van der Waals surface area contributed by atoms with Gasteiger partial charge in [0.05, 0.1) is 17.7 Å². The SMILES string of the molecule is COCc1c(C)nc2ccc(Br)cc2c1C(=O)O. The average molecular weight is 310 g/mol. The van der Waals surface area contributed by atoms with E-state index in [4.69, 9.17) is 4.74 Å². The van der Waals surface area contributed by atoms with Gasteiger partial charge in [-0.05, 0) is 25.1 Å². The van der Waals surface area contributed by atoms with E-state index in [-0.39, 0.29) is 12.2 Å². The van der Waals surface area contributed by atoms with E-state index >= 15 is 0 Å². The van der Waals surface area contributed by atoms with E-state index in [1.807, 2.05) is 6.07 Å². The number of ether oxygens (including phenoxy) is 1. The Kier molecular flexibility index (Phi) is 3.63. The Morgan fingerprint density at radius 1 is 1.50 bits per heavy atom. The normalized spacial score (nSPS) is 10.8. The Hall–Kier alpha value is -1.46. The highest BCUT2D eigenvalue weighted by Crippen LogP contribution is 2.26. The first-order valence-corrected chi connectivity index (χ1v) is 6.15. The van der Waals surface area contributed by atoms with Gasteiger partial charge in [0.2, 0.25) is 0 Å². The summed E-state index contributed by atoms with van der Waals surface area (Å²) in [7, 11) is 1.54. The fourth-order valence-electron chi connectivity index (χ4n) is 1.96. The van der Waals surface area contributed by atoms with E-state index in [2.05, 4.69) is 20.9 Å². The van der Waals surface area contributed by atoms with Crippen molar-refractivity contribution >= 4 is 32.8 Å². The van der Waals surface area contributed by atoms with Crippen molar-refractivity contribution in [3.05, 3.63) is 39.5 Å². The molecule has 0 saturated carbocycles. The fraction of sp³-hybridized carbons (Fsp3) is 0.231. The Morgan fingerprint density at radius 2 is 2.22 bits per heavy atom. The molecule has 18 heavy (non-hydrogen) atoms. The van der Waals surface area contributed by atoms with Crippen LogP contribution >= 0.6 is 15.9 Å². The average Bonchev–Trinajstić information content (AvgIpc) is 2.30. The highest BCUT2D eigenvalue weighted by molar-refractivity contribution is 9.10. The number of pyridine rings is 1. The molecule has 0 bridgehead atoms. The number of hydrogen-bond acceptors (Lipinski definition) is 3. The number of rotatable bonds is 3. The first-order valence-electron chi connectivity index (χ1n) is 5.35. The molecule has 1 aromatic carbocycles. The van der Waals surface area contributed by atoms with Gasteiger partial charge in [-0.1, -0.05) is 15.9 Å². The minimum absolute atomic E-state index is 0.239. The second kappa shape index (κ2) is 5.04. The van der Waals surface area contributed by atoms with Crippen molar-refractivity contribution in [1.82, 2.24) is 4.98 Å². The number of methoxy groups -OCH3 is 1. The summed E-state index contributed by atoms with van der Waals surface area (Å²) in [6.07, 6.45) is 0. The van der Waals surface area contributed by atoms with E-state index in [0.29, 0.717) is 22.2 Å². The first-order chi connectivity index (χ1) is 8.54. The maximum Gasteiger partial charge on any atom is 0.336 e. The zero-order chi connectivity index (χ0) is 13.3. The monoisotopic (exact) mass is 309 g/mol. The molecule has 4 nitrogen and oxygen atoms in total. The molecule has 1 aromatic heterocycles. The molecule has 0 aliphatic rings. The van der Waals surface area contributed by atoms with Gasteiger partial charge < -0.3 is 9.84 Å². The summed E-state index contributed by atoms with van der Waals surface area (Å²) in [6, 6.07) is 5.41. The third kappa shape index (κ3) is 2.23. The Balaban J connectivity index is 2.86. The van der Waals surface area contributed by atoms with Crippen LogP contribution in [0.3, 0.4) is 0 Å². The summed E-state index contributed by atoms with van der Waals surface area (Å²) < 4.78 is 5.89. The van der Waals surface area contributed by atoms with Crippen LogP contribution < -0.4 is 0 Å². The second-order valence-electron chi connectivity index (χ2n) is 3.95. The first kappa shape index (κ1) is 13.0. The maximum atomic E-state index is 11.5. The summed E-state index contributed by atoms with van der Waals surface area (Å²) in [5.41, 5.74) is 2.24. The number of fused-ring (bicyclic) bond motifs is 1. The molecule has 0 amide bonds. The number of nitrogens with zero attached hydrogens (tertiary/aromatic N) is 1. The lowest BCUT2D eigenvalue weighted by atomic mass is 10.0. The Labute approximate surface area is 113 Å². The smallest absolute Gasteiger partial charge is 0.336 e. The number of hydrogen-bond donors (Lipinski definition) is 1. The lowest BCUT2D eigenvalue weighted by Gasteiger charge is -2.12. The van der Waals surface area contributed by atoms with Crippen LogP contribution in [-0.2, 0) is 11.3 Å². The van der Waals surface area contributed by atoms with E-state index in [0.717, 1.165) is 4.47 Å². The number of halogens is 1. The van der Waals surface area contributed by atoms with Crippen molar-refractivity contribution in [2.24, 2.45) is 0 Å². The molecule has 94 valence electrons. The van der Waals surface area contributed by atoms with Crippen LogP contribution in [0, 0.1) is 6.92 Å². The number of aromatic carboxylic acids is 1. The molecule has 1 N–H and O–H groups in total. The molecule has 0 fully saturated rings. The molecule has 0 spiro atoms. The van der Waals surface area contributed by atoms with Crippen molar-refractivity contribution in [1.29, 1.82) is 0 Å². The molecule has 2 rings (SSSR count). The number of benzene rings is 1. The van der Waals surface area contributed by atoms with Crippen LogP contribution in [0.5, 0.6) is 0 Å². The van der Waals surface area contributed by atoms with Crippen LogP contribution in [0.25, 0.3) is 10.9 Å². The number of carboxylic acid groups (broad SMARTS) is 1.